The average Bonchev–Trinajstić information content (AvgIpc) is 2.23. The Kier molecular flexibility index (Phi) is 1.13. The van der Waals surface area contributed by atoms with Crippen LogP contribution in [-0.2, 0) is 4.79 Å². The van der Waals surface area contributed by atoms with Crippen molar-refractivity contribution in [2.45, 2.75) is 40.0 Å². The highest BCUT2D eigenvalue weighted by molar-refractivity contribution is 5.89. The number of hydrogen-bond donors (Lipinski definition) is 0. The topological polar surface area (TPSA) is 17.1 Å². The molecule has 0 aromatic heterocycles. The molecule has 0 aromatic carbocycles. The highest BCUT2D eigenvalue weighted by atomic mass is 16.1. The molecule has 0 amide bonds. The largest absolute Gasteiger partial charge is 0.299 e. The number of rotatable bonds is 0. The van der Waals surface area contributed by atoms with E-state index in [1.807, 2.05) is 0 Å². The molecule has 1 nitrogen and oxygen atoms in total. The van der Waals surface area contributed by atoms with Crippen LogP contribution in [0.15, 0.2) is 0 Å². The van der Waals surface area contributed by atoms with Crippen molar-refractivity contribution in [3.05, 3.63) is 0 Å². The van der Waals surface area contributed by atoms with Crippen LogP contribution in [-0.4, -0.2) is 5.78 Å². The lowest BCUT2D eigenvalue weighted by Crippen LogP contribution is -2.24. The van der Waals surface area contributed by atoms with Gasteiger partial charge < -0.3 is 0 Å². The van der Waals surface area contributed by atoms with Gasteiger partial charge in [0.1, 0.15) is 5.78 Å². The lowest BCUT2D eigenvalue weighted by molar-refractivity contribution is -0.127. The number of carbonyl (C=O) groups is 1. The Labute approximate surface area is 68.2 Å². The van der Waals surface area contributed by atoms with Crippen molar-refractivity contribution >= 4 is 5.78 Å². The summed E-state index contributed by atoms with van der Waals surface area (Å²) in [5.74, 6) is 1.13. The molecule has 0 spiro atoms. The van der Waals surface area contributed by atoms with Crippen molar-refractivity contribution in [3.63, 3.8) is 0 Å². The summed E-state index contributed by atoms with van der Waals surface area (Å²) in [6.07, 6.45) is 3.23. The molecule has 2 fully saturated rings. The molecule has 0 N–H and O–H groups in total. The molecule has 2 rings (SSSR count). The zero-order valence-corrected chi connectivity index (χ0v) is 7.61. The minimum Gasteiger partial charge on any atom is -0.299 e. The summed E-state index contributed by atoms with van der Waals surface area (Å²) in [7, 11) is 0. The van der Waals surface area contributed by atoms with E-state index in [0.29, 0.717) is 17.1 Å². The molecular weight excluding hydrogens is 136 g/mol. The smallest absolute Gasteiger partial charge is 0.139 e. The number of hydrogen-bond acceptors (Lipinski definition) is 1. The Balaban J connectivity index is 2.45. The van der Waals surface area contributed by atoms with Gasteiger partial charge in [0.05, 0.1) is 0 Å². The number of Topliss-reactive ketones (excluding diaryl/α,β-unsaturated/α-hetero) is 1. The van der Waals surface area contributed by atoms with Crippen LogP contribution in [0.3, 0.4) is 0 Å². The van der Waals surface area contributed by atoms with E-state index in [-0.39, 0.29) is 5.41 Å². The highest BCUT2D eigenvalue weighted by Crippen LogP contribution is 2.62. The molecule has 1 heteroatoms. The monoisotopic (exact) mass is 152 g/mol. The summed E-state index contributed by atoms with van der Waals surface area (Å²) in [5, 5.41) is 0. The summed E-state index contributed by atoms with van der Waals surface area (Å²) in [6.45, 7) is 6.67. The number of carbonyl (C=O) groups excluding carboxylic acids is 1. The summed E-state index contributed by atoms with van der Waals surface area (Å²) in [6, 6.07) is 0. The van der Waals surface area contributed by atoms with Crippen molar-refractivity contribution in [2.24, 2.45) is 16.7 Å². The second-order valence-corrected chi connectivity index (χ2v) is 4.89. The Hall–Kier alpha value is -0.330. The number of fused-ring (bicyclic) bond motifs is 2. The Bertz CT molecular complexity index is 221. The van der Waals surface area contributed by atoms with E-state index in [4.69, 9.17) is 0 Å². The van der Waals surface area contributed by atoms with Gasteiger partial charge in [0, 0.05) is 11.8 Å². The number of ketones is 1. The Morgan fingerprint density at radius 1 is 1.36 bits per heavy atom. The van der Waals surface area contributed by atoms with Crippen LogP contribution in [0.2, 0.25) is 0 Å². The highest BCUT2D eigenvalue weighted by Gasteiger charge is 2.60. The van der Waals surface area contributed by atoms with Gasteiger partial charge >= 0.3 is 0 Å². The van der Waals surface area contributed by atoms with E-state index < -0.39 is 0 Å². The molecule has 0 radical (unpaired) electrons. The molecule has 0 aliphatic heterocycles. The van der Waals surface area contributed by atoms with Gasteiger partial charge in [-0.2, -0.15) is 0 Å². The third kappa shape index (κ3) is 0.646. The van der Waals surface area contributed by atoms with Crippen molar-refractivity contribution in [1.29, 1.82) is 0 Å². The molecule has 2 aliphatic rings. The van der Waals surface area contributed by atoms with Gasteiger partial charge in [0.15, 0.2) is 0 Å². The minimum absolute atomic E-state index is 0.0503. The molecule has 0 heterocycles. The van der Waals surface area contributed by atoms with E-state index in [0.717, 1.165) is 12.8 Å². The molecular formula is C10H16O. The normalized spacial score (nSPS) is 55.5. The summed E-state index contributed by atoms with van der Waals surface area (Å²) >= 11 is 0. The van der Waals surface area contributed by atoms with E-state index in [1.165, 1.54) is 6.42 Å². The molecule has 2 aliphatic carbocycles. The fourth-order valence-electron chi connectivity index (χ4n) is 2.94. The molecule has 2 saturated carbocycles. The lowest BCUT2D eigenvalue weighted by Gasteiger charge is -2.23. The van der Waals surface area contributed by atoms with Gasteiger partial charge in [-0.15, -0.1) is 0 Å². The predicted octanol–water partition coefficient (Wildman–Crippen LogP) is 2.40. The predicted molar refractivity (Wildman–Crippen MR) is 44.2 cm³/mol. The van der Waals surface area contributed by atoms with E-state index in [9.17, 15) is 4.79 Å². The first kappa shape index (κ1) is 7.33. The molecule has 2 bridgehead atoms. The zero-order chi connectivity index (χ0) is 8.28. The van der Waals surface area contributed by atoms with Crippen LogP contribution in [0, 0.1) is 16.7 Å². The Morgan fingerprint density at radius 2 is 2.00 bits per heavy atom. The maximum Gasteiger partial charge on any atom is 0.139 e. The first-order valence-corrected chi connectivity index (χ1v) is 4.52. The minimum atomic E-state index is 0.0503. The van der Waals surface area contributed by atoms with Crippen molar-refractivity contribution in [1.82, 2.24) is 0 Å². The summed E-state index contributed by atoms with van der Waals surface area (Å²) in [4.78, 5) is 11.6. The molecule has 62 valence electrons. The van der Waals surface area contributed by atoms with Gasteiger partial charge in [-0.1, -0.05) is 20.8 Å². The summed E-state index contributed by atoms with van der Waals surface area (Å²) in [5.41, 5.74) is 0.403. The van der Waals surface area contributed by atoms with Crippen LogP contribution < -0.4 is 0 Å². The van der Waals surface area contributed by atoms with Crippen LogP contribution in [0.4, 0.5) is 0 Å². The zero-order valence-electron chi connectivity index (χ0n) is 7.61. The van der Waals surface area contributed by atoms with Crippen LogP contribution in [0.25, 0.3) is 0 Å². The third-order valence-electron chi connectivity index (χ3n) is 4.42. The SMILES string of the molecule is CC1[C@@]2(C)CC[C@]1(C)C(=O)C2. The quantitative estimate of drug-likeness (QED) is 0.521. The van der Waals surface area contributed by atoms with Gasteiger partial charge in [0.2, 0.25) is 0 Å². The van der Waals surface area contributed by atoms with Crippen LogP contribution in [0.5, 0.6) is 0 Å². The molecule has 11 heavy (non-hydrogen) atoms. The third-order valence-corrected chi connectivity index (χ3v) is 4.42. The first-order chi connectivity index (χ1) is 4.99. The first-order valence-electron chi connectivity index (χ1n) is 4.52. The average molecular weight is 152 g/mol. The second kappa shape index (κ2) is 1.70. The fourth-order valence-corrected chi connectivity index (χ4v) is 2.94. The molecule has 0 aromatic rings. The van der Waals surface area contributed by atoms with Gasteiger partial charge in [0.25, 0.3) is 0 Å². The second-order valence-electron chi connectivity index (χ2n) is 4.89. The van der Waals surface area contributed by atoms with E-state index in [2.05, 4.69) is 20.8 Å². The molecule has 1 unspecified atom stereocenters. The lowest BCUT2D eigenvalue weighted by atomic mass is 9.80. The van der Waals surface area contributed by atoms with E-state index >= 15 is 0 Å². The summed E-state index contributed by atoms with van der Waals surface area (Å²) < 4.78 is 0. The standard InChI is InChI=1S/C10H16O/c1-7-9(2)4-5-10(7,3)8(11)6-9/h7H,4-6H2,1-3H3/t7?,9-,10-/m0/s1. The fraction of sp³-hybridized carbons (Fsp3) is 0.900. The van der Waals surface area contributed by atoms with Gasteiger partial charge in [-0.05, 0) is 24.2 Å². The Morgan fingerprint density at radius 3 is 2.18 bits per heavy atom. The van der Waals surface area contributed by atoms with E-state index in [1.54, 1.807) is 0 Å². The van der Waals surface area contributed by atoms with Crippen molar-refractivity contribution in [3.8, 4) is 0 Å². The maximum absolute atomic E-state index is 11.6. The van der Waals surface area contributed by atoms with Crippen molar-refractivity contribution < 1.29 is 4.79 Å². The van der Waals surface area contributed by atoms with Crippen LogP contribution >= 0.6 is 0 Å². The maximum atomic E-state index is 11.6. The van der Waals surface area contributed by atoms with Gasteiger partial charge in [-0.3, -0.25) is 4.79 Å². The van der Waals surface area contributed by atoms with Crippen LogP contribution in [0.1, 0.15) is 40.0 Å². The molecule has 0 saturated heterocycles. The molecule has 3 atom stereocenters. The van der Waals surface area contributed by atoms with Gasteiger partial charge in [-0.25, -0.2) is 0 Å². The van der Waals surface area contributed by atoms with Crippen molar-refractivity contribution in [2.75, 3.05) is 0 Å².